The van der Waals surface area contributed by atoms with Crippen LogP contribution >= 0.6 is 0 Å². The van der Waals surface area contributed by atoms with Crippen molar-refractivity contribution >= 4 is 32.6 Å². The molecule has 0 spiro atoms. The molecule has 1 aliphatic carbocycles. The number of aromatic nitrogens is 1. The van der Waals surface area contributed by atoms with Crippen LogP contribution in [0.1, 0.15) is 23.3 Å². The maximum atomic E-state index is 10.4. The van der Waals surface area contributed by atoms with Crippen LogP contribution in [0.4, 0.5) is 0 Å². The molecule has 4 aromatic rings. The molecule has 1 saturated heterocycles. The molecule has 1 aromatic heterocycles. The second kappa shape index (κ2) is 4.55. The van der Waals surface area contributed by atoms with Gasteiger partial charge in [0.05, 0.1) is 11.0 Å². The van der Waals surface area contributed by atoms with Gasteiger partial charge in [-0.25, -0.2) is 4.98 Å². The Labute approximate surface area is 143 Å². The molecular formula is C21H15NO3. The third-order valence-corrected chi connectivity index (χ3v) is 5.55. The van der Waals surface area contributed by atoms with Gasteiger partial charge in [-0.1, -0.05) is 42.5 Å². The minimum absolute atomic E-state index is 0.164. The van der Waals surface area contributed by atoms with Gasteiger partial charge < -0.3 is 14.9 Å². The number of hydrogen-bond acceptors (Lipinski definition) is 4. The second-order valence-electron chi connectivity index (χ2n) is 6.94. The molecule has 2 aliphatic rings. The van der Waals surface area contributed by atoms with Crippen molar-refractivity contribution in [1.29, 1.82) is 0 Å². The van der Waals surface area contributed by atoms with Gasteiger partial charge in [0.1, 0.15) is 24.4 Å². The highest BCUT2D eigenvalue weighted by Gasteiger charge is 2.54. The Bertz CT molecular complexity index is 1190. The predicted molar refractivity (Wildman–Crippen MR) is 95.3 cm³/mol. The summed E-state index contributed by atoms with van der Waals surface area (Å²) >= 11 is 0. The van der Waals surface area contributed by atoms with Crippen LogP contribution in [0.3, 0.4) is 0 Å². The molecule has 1 aliphatic heterocycles. The first-order chi connectivity index (χ1) is 12.2. The lowest BCUT2D eigenvalue weighted by Crippen LogP contribution is -2.29. The normalized spacial score (nSPS) is 27.4. The monoisotopic (exact) mass is 329 g/mol. The van der Waals surface area contributed by atoms with Crippen LogP contribution in [-0.4, -0.2) is 27.4 Å². The third kappa shape index (κ3) is 1.74. The summed E-state index contributed by atoms with van der Waals surface area (Å²) in [6.07, 6.45) is -2.26. The number of benzene rings is 3. The van der Waals surface area contributed by atoms with Crippen LogP contribution in [0, 0.1) is 0 Å². The molecule has 25 heavy (non-hydrogen) atoms. The summed E-state index contributed by atoms with van der Waals surface area (Å²) in [5.74, 6) is 0. The van der Waals surface area contributed by atoms with Crippen LogP contribution in [0.5, 0.6) is 0 Å². The molecule has 2 N–H and O–H groups in total. The van der Waals surface area contributed by atoms with Gasteiger partial charge in [-0.2, -0.15) is 0 Å². The van der Waals surface area contributed by atoms with Crippen molar-refractivity contribution in [2.75, 3.05) is 0 Å². The zero-order valence-electron chi connectivity index (χ0n) is 13.3. The molecule has 1 fully saturated rings. The van der Waals surface area contributed by atoms with Crippen molar-refractivity contribution in [2.45, 2.75) is 24.4 Å². The van der Waals surface area contributed by atoms with E-state index in [9.17, 15) is 10.2 Å². The van der Waals surface area contributed by atoms with Crippen LogP contribution in [0.15, 0.2) is 54.6 Å². The third-order valence-electron chi connectivity index (χ3n) is 5.55. The highest BCUT2D eigenvalue weighted by molar-refractivity contribution is 6.09. The van der Waals surface area contributed by atoms with Gasteiger partial charge in [-0.05, 0) is 28.5 Å². The smallest absolute Gasteiger partial charge is 0.118 e. The first-order valence-electron chi connectivity index (χ1n) is 8.49. The van der Waals surface area contributed by atoms with E-state index >= 15 is 0 Å². The fraction of sp³-hybridized carbons (Fsp3) is 0.190. The van der Waals surface area contributed by atoms with Gasteiger partial charge in [-0.3, -0.25) is 0 Å². The second-order valence-corrected chi connectivity index (χ2v) is 6.94. The highest BCUT2D eigenvalue weighted by Crippen LogP contribution is 2.52. The van der Waals surface area contributed by atoms with Crippen molar-refractivity contribution < 1.29 is 14.9 Å². The summed E-state index contributed by atoms with van der Waals surface area (Å²) in [5, 5.41) is 25.0. The maximum Gasteiger partial charge on any atom is 0.118 e. The lowest BCUT2D eigenvalue weighted by atomic mass is 9.85. The van der Waals surface area contributed by atoms with E-state index in [0.29, 0.717) is 0 Å². The fourth-order valence-electron chi connectivity index (χ4n) is 4.23. The molecule has 2 unspecified atom stereocenters. The molecule has 0 saturated carbocycles. The Morgan fingerprint density at radius 2 is 1.72 bits per heavy atom. The standard InChI is InChI=1S/C21H15NO3/c23-18-13-7-5-11-9-14-12-4-2-1-3-10(12)6-8-15(14)22-17(11)16(13)20-21(25-20)19(18)24/h1-9,18-21,23-24H/t18-,19+,20?,21?/m0/s1. The van der Waals surface area contributed by atoms with Gasteiger partial charge in [0.25, 0.3) is 0 Å². The summed E-state index contributed by atoms with van der Waals surface area (Å²) < 4.78 is 5.63. The van der Waals surface area contributed by atoms with Crippen molar-refractivity contribution in [2.24, 2.45) is 0 Å². The number of fused-ring (bicyclic) bond motifs is 8. The molecule has 0 radical (unpaired) electrons. The van der Waals surface area contributed by atoms with E-state index in [4.69, 9.17) is 9.72 Å². The molecule has 4 heteroatoms. The number of pyridine rings is 1. The summed E-state index contributed by atoms with van der Waals surface area (Å²) in [6, 6.07) is 18.4. The molecular weight excluding hydrogens is 314 g/mol. The lowest BCUT2D eigenvalue weighted by molar-refractivity contribution is 0.0000942. The predicted octanol–water partition coefficient (Wildman–Crippen LogP) is 3.39. The lowest BCUT2D eigenvalue weighted by Gasteiger charge is -2.24. The summed E-state index contributed by atoms with van der Waals surface area (Å²) in [7, 11) is 0. The topological polar surface area (TPSA) is 65.9 Å². The number of rotatable bonds is 0. The van der Waals surface area contributed by atoms with Crippen molar-refractivity contribution in [3.05, 3.63) is 65.7 Å². The number of hydrogen-bond donors (Lipinski definition) is 2. The number of aliphatic hydroxyl groups excluding tert-OH is 2. The molecule has 4 atom stereocenters. The van der Waals surface area contributed by atoms with E-state index in [1.54, 1.807) is 0 Å². The first-order valence-corrected chi connectivity index (χ1v) is 8.49. The Hall–Kier alpha value is -2.53. The van der Waals surface area contributed by atoms with E-state index in [-0.39, 0.29) is 12.2 Å². The fourth-order valence-corrected chi connectivity index (χ4v) is 4.23. The van der Waals surface area contributed by atoms with E-state index in [1.165, 1.54) is 10.8 Å². The zero-order chi connectivity index (χ0) is 16.7. The minimum Gasteiger partial charge on any atom is -0.387 e. The Balaban J connectivity index is 1.72. The van der Waals surface area contributed by atoms with Crippen LogP contribution in [0.2, 0.25) is 0 Å². The van der Waals surface area contributed by atoms with Gasteiger partial charge in [0.15, 0.2) is 0 Å². The molecule has 3 aromatic carbocycles. The number of epoxide rings is 1. The number of ether oxygens (including phenoxy) is 1. The quantitative estimate of drug-likeness (QED) is 0.295. The highest BCUT2D eigenvalue weighted by atomic mass is 16.6. The van der Waals surface area contributed by atoms with Crippen LogP contribution in [-0.2, 0) is 4.74 Å². The van der Waals surface area contributed by atoms with E-state index in [0.717, 1.165) is 32.9 Å². The van der Waals surface area contributed by atoms with E-state index < -0.39 is 12.2 Å². The van der Waals surface area contributed by atoms with Gasteiger partial charge >= 0.3 is 0 Å². The molecule has 0 amide bonds. The summed E-state index contributed by atoms with van der Waals surface area (Å²) in [5.41, 5.74) is 3.44. The van der Waals surface area contributed by atoms with Crippen molar-refractivity contribution in [1.82, 2.24) is 4.98 Å². The average Bonchev–Trinajstić information content (AvgIpc) is 3.44. The molecule has 0 bridgehead atoms. The SMILES string of the molecule is O[C@H]1c2ccc3cc4c(ccc5ccccc54)nc3c2C2OC2[C@@H]1O. The summed E-state index contributed by atoms with van der Waals surface area (Å²) in [6.45, 7) is 0. The van der Waals surface area contributed by atoms with Gasteiger partial charge in [0.2, 0.25) is 0 Å². The van der Waals surface area contributed by atoms with Crippen molar-refractivity contribution in [3.8, 4) is 0 Å². The molecule has 6 rings (SSSR count). The van der Waals surface area contributed by atoms with Crippen LogP contribution < -0.4 is 0 Å². The van der Waals surface area contributed by atoms with Gasteiger partial charge in [0, 0.05) is 16.3 Å². The minimum atomic E-state index is -0.919. The Kier molecular flexibility index (Phi) is 2.50. The zero-order valence-corrected chi connectivity index (χ0v) is 13.3. The molecule has 122 valence electrons. The Morgan fingerprint density at radius 3 is 2.64 bits per heavy atom. The Morgan fingerprint density at radius 1 is 0.880 bits per heavy atom. The largest absolute Gasteiger partial charge is 0.387 e. The van der Waals surface area contributed by atoms with Gasteiger partial charge in [-0.15, -0.1) is 0 Å². The average molecular weight is 329 g/mol. The summed E-state index contributed by atoms with van der Waals surface area (Å²) in [4.78, 5) is 4.90. The van der Waals surface area contributed by atoms with Crippen LogP contribution in [0.25, 0.3) is 32.6 Å². The number of nitrogens with zero attached hydrogens (tertiary/aromatic N) is 1. The molecule has 4 nitrogen and oxygen atoms in total. The first kappa shape index (κ1) is 13.7. The van der Waals surface area contributed by atoms with E-state index in [1.807, 2.05) is 30.3 Å². The van der Waals surface area contributed by atoms with Crippen molar-refractivity contribution in [3.63, 3.8) is 0 Å². The maximum absolute atomic E-state index is 10.4. The molecule has 2 heterocycles. The number of aliphatic hydroxyl groups is 2. The van der Waals surface area contributed by atoms with E-state index in [2.05, 4.69) is 24.3 Å².